The molecule has 2 rings (SSSR count). The summed E-state index contributed by atoms with van der Waals surface area (Å²) in [5.41, 5.74) is 0. The molecule has 1 heterocycles. The number of carbonyl (C=O) groups is 1. The number of halogens is 1. The molecule has 2 aromatic rings. The second-order valence-corrected chi connectivity index (χ2v) is 6.65. The van der Waals surface area contributed by atoms with Gasteiger partial charge in [-0.25, -0.2) is 17.9 Å². The number of benzene rings is 1. The fraction of sp³-hybridized carbons (Fsp3) is 0.214. The van der Waals surface area contributed by atoms with Gasteiger partial charge in [-0.3, -0.25) is 5.32 Å². The van der Waals surface area contributed by atoms with Crippen LogP contribution in [0.4, 0.5) is 10.7 Å². The van der Waals surface area contributed by atoms with Crippen molar-refractivity contribution in [2.45, 2.75) is 11.8 Å². The van der Waals surface area contributed by atoms with Crippen LogP contribution >= 0.6 is 11.6 Å². The maximum Gasteiger partial charge on any atom is 0.335 e. The summed E-state index contributed by atoms with van der Waals surface area (Å²) in [4.78, 5) is 23.1. The number of urea groups is 1. The third-order valence-electron chi connectivity index (χ3n) is 2.71. The van der Waals surface area contributed by atoms with Gasteiger partial charge in [-0.05, 0) is 19.1 Å². The molecule has 0 fully saturated rings. The van der Waals surface area contributed by atoms with Crippen LogP contribution in [0.1, 0.15) is 6.92 Å². The SMILES string of the molecule is CCOc1nc(NC(=O)NS(=O)(=O)c2ccccc2Cl)nc(OCC#N)n1. The molecule has 0 aliphatic heterocycles. The monoisotopic (exact) mass is 412 g/mol. The van der Waals surface area contributed by atoms with E-state index in [4.69, 9.17) is 26.3 Å². The maximum absolute atomic E-state index is 12.2. The zero-order chi connectivity index (χ0) is 19.9. The Kier molecular flexibility index (Phi) is 6.69. The molecule has 2 N–H and O–H groups in total. The number of carbonyl (C=O) groups excluding carboxylic acids is 1. The molecule has 2 amide bonds. The van der Waals surface area contributed by atoms with Crippen LogP contribution in [0.25, 0.3) is 0 Å². The van der Waals surface area contributed by atoms with Crippen molar-refractivity contribution in [1.29, 1.82) is 5.26 Å². The molecule has 0 aliphatic carbocycles. The number of nitrogens with zero attached hydrogens (tertiary/aromatic N) is 4. The maximum atomic E-state index is 12.2. The van der Waals surface area contributed by atoms with Gasteiger partial charge in [0.25, 0.3) is 10.0 Å². The number of sulfonamides is 1. The summed E-state index contributed by atoms with van der Waals surface area (Å²) in [6.07, 6.45) is 0. The summed E-state index contributed by atoms with van der Waals surface area (Å²) in [7, 11) is -4.23. The normalized spacial score (nSPS) is 10.6. The van der Waals surface area contributed by atoms with Crippen LogP contribution in [0.2, 0.25) is 5.02 Å². The average molecular weight is 413 g/mol. The fourth-order valence-electron chi connectivity index (χ4n) is 1.72. The smallest absolute Gasteiger partial charge is 0.335 e. The largest absolute Gasteiger partial charge is 0.464 e. The highest BCUT2D eigenvalue weighted by Gasteiger charge is 2.21. The van der Waals surface area contributed by atoms with E-state index in [-0.39, 0.29) is 41.1 Å². The predicted molar refractivity (Wildman–Crippen MR) is 92.9 cm³/mol. The Labute approximate surface area is 159 Å². The summed E-state index contributed by atoms with van der Waals surface area (Å²) >= 11 is 5.83. The van der Waals surface area contributed by atoms with E-state index in [0.29, 0.717) is 0 Å². The molecule has 13 heteroatoms. The first-order valence-electron chi connectivity index (χ1n) is 7.32. The van der Waals surface area contributed by atoms with E-state index in [1.54, 1.807) is 23.8 Å². The summed E-state index contributed by atoms with van der Waals surface area (Å²) in [5.74, 6) is -0.340. The lowest BCUT2D eigenvalue weighted by molar-refractivity contribution is 0.256. The summed E-state index contributed by atoms with van der Waals surface area (Å²) in [5, 5.41) is 10.6. The Morgan fingerprint density at radius 1 is 1.22 bits per heavy atom. The number of anilines is 1. The molecule has 0 aliphatic rings. The standard InChI is InChI=1S/C14H13ClN6O5S/c1-2-25-13-18-11(19-14(20-13)26-8-7-16)17-12(22)21-27(23,24)10-6-4-3-5-9(10)15/h3-6H,2,8H2,1H3,(H2,17,18,19,20,21,22). The van der Waals surface area contributed by atoms with E-state index < -0.39 is 16.1 Å². The number of hydrogen-bond donors (Lipinski definition) is 2. The van der Waals surface area contributed by atoms with E-state index in [1.165, 1.54) is 18.2 Å². The molecule has 27 heavy (non-hydrogen) atoms. The molecular weight excluding hydrogens is 400 g/mol. The van der Waals surface area contributed by atoms with Gasteiger partial charge in [0.15, 0.2) is 6.61 Å². The quantitative estimate of drug-likeness (QED) is 0.684. The lowest BCUT2D eigenvalue weighted by Gasteiger charge is -2.10. The lowest BCUT2D eigenvalue weighted by Crippen LogP contribution is -2.35. The van der Waals surface area contributed by atoms with Crippen LogP contribution in [0.5, 0.6) is 12.0 Å². The van der Waals surface area contributed by atoms with Crippen molar-refractivity contribution in [2.75, 3.05) is 18.5 Å². The third kappa shape index (κ3) is 5.66. The van der Waals surface area contributed by atoms with Crippen molar-refractivity contribution in [2.24, 2.45) is 0 Å². The van der Waals surface area contributed by atoms with Gasteiger partial charge in [-0.1, -0.05) is 23.7 Å². The van der Waals surface area contributed by atoms with Gasteiger partial charge >= 0.3 is 18.1 Å². The van der Waals surface area contributed by atoms with Gasteiger partial charge in [0.2, 0.25) is 5.95 Å². The molecule has 11 nitrogen and oxygen atoms in total. The van der Waals surface area contributed by atoms with E-state index in [1.807, 2.05) is 0 Å². The third-order valence-corrected chi connectivity index (χ3v) is 4.54. The topological polar surface area (TPSA) is 156 Å². The second kappa shape index (κ2) is 8.97. The zero-order valence-corrected chi connectivity index (χ0v) is 15.4. The highest BCUT2D eigenvalue weighted by molar-refractivity contribution is 7.90. The first-order chi connectivity index (χ1) is 12.9. The van der Waals surface area contributed by atoms with Gasteiger partial charge in [-0.2, -0.15) is 15.2 Å². The summed E-state index contributed by atoms with van der Waals surface area (Å²) < 4.78 is 36.3. The Hall–Kier alpha value is -3.17. The number of aromatic nitrogens is 3. The van der Waals surface area contributed by atoms with Crippen LogP contribution in [0.3, 0.4) is 0 Å². The molecule has 0 bridgehead atoms. The number of amides is 2. The van der Waals surface area contributed by atoms with E-state index in [0.717, 1.165) is 0 Å². The molecule has 0 saturated carbocycles. The predicted octanol–water partition coefficient (Wildman–Crippen LogP) is 1.34. The summed E-state index contributed by atoms with van der Waals surface area (Å²) in [6.45, 7) is 1.55. The van der Waals surface area contributed by atoms with E-state index in [2.05, 4.69) is 20.3 Å². The van der Waals surface area contributed by atoms with Crippen molar-refractivity contribution in [3.63, 3.8) is 0 Å². The van der Waals surface area contributed by atoms with Crippen molar-refractivity contribution in [1.82, 2.24) is 19.7 Å². The molecular formula is C14H13ClN6O5S. The molecule has 0 saturated heterocycles. The molecule has 1 aromatic carbocycles. The van der Waals surface area contributed by atoms with Gasteiger partial charge in [0, 0.05) is 0 Å². The van der Waals surface area contributed by atoms with Crippen molar-refractivity contribution in [3.05, 3.63) is 29.3 Å². The molecule has 1 aromatic heterocycles. The van der Waals surface area contributed by atoms with Crippen LogP contribution in [0.15, 0.2) is 29.2 Å². The first kappa shape index (κ1) is 20.1. The molecule has 0 unspecified atom stereocenters. The number of ether oxygens (including phenoxy) is 2. The van der Waals surface area contributed by atoms with Gasteiger partial charge < -0.3 is 9.47 Å². The van der Waals surface area contributed by atoms with Crippen LogP contribution < -0.4 is 19.5 Å². The second-order valence-electron chi connectivity index (χ2n) is 4.59. The average Bonchev–Trinajstić information content (AvgIpc) is 2.59. The minimum atomic E-state index is -4.23. The number of nitrogens with one attached hydrogen (secondary N) is 2. The Balaban J connectivity index is 2.18. The van der Waals surface area contributed by atoms with Crippen LogP contribution in [-0.4, -0.2) is 42.6 Å². The summed E-state index contributed by atoms with van der Waals surface area (Å²) in [6, 6.07) is 5.74. The van der Waals surface area contributed by atoms with Crippen molar-refractivity contribution >= 4 is 33.6 Å². The molecule has 0 radical (unpaired) electrons. The van der Waals surface area contributed by atoms with Crippen molar-refractivity contribution < 1.29 is 22.7 Å². The highest BCUT2D eigenvalue weighted by atomic mass is 35.5. The van der Waals surface area contributed by atoms with E-state index >= 15 is 0 Å². The Morgan fingerprint density at radius 3 is 2.52 bits per heavy atom. The number of nitriles is 1. The Bertz CT molecular complexity index is 978. The molecule has 0 atom stereocenters. The van der Waals surface area contributed by atoms with Gasteiger partial charge in [0.05, 0.1) is 11.6 Å². The number of hydrogen-bond acceptors (Lipinski definition) is 9. The molecule has 142 valence electrons. The van der Waals surface area contributed by atoms with Crippen LogP contribution in [0, 0.1) is 11.3 Å². The van der Waals surface area contributed by atoms with Gasteiger partial charge in [-0.15, -0.1) is 4.98 Å². The fourth-order valence-corrected chi connectivity index (χ4v) is 3.14. The van der Waals surface area contributed by atoms with Crippen molar-refractivity contribution in [3.8, 4) is 18.1 Å². The lowest BCUT2D eigenvalue weighted by atomic mass is 10.4. The minimum Gasteiger partial charge on any atom is -0.464 e. The highest BCUT2D eigenvalue weighted by Crippen LogP contribution is 2.20. The van der Waals surface area contributed by atoms with E-state index in [9.17, 15) is 13.2 Å². The zero-order valence-electron chi connectivity index (χ0n) is 13.8. The first-order valence-corrected chi connectivity index (χ1v) is 9.18. The minimum absolute atomic E-state index is 0.0521. The molecule has 0 spiro atoms. The number of rotatable bonds is 7. The van der Waals surface area contributed by atoms with Gasteiger partial charge in [0.1, 0.15) is 11.0 Å². The Morgan fingerprint density at radius 2 is 1.89 bits per heavy atom. The van der Waals surface area contributed by atoms with Crippen LogP contribution in [-0.2, 0) is 10.0 Å².